The molecule has 1 aliphatic rings. The van der Waals surface area contributed by atoms with Crippen LogP contribution in [0.4, 0.5) is 0 Å². The molecule has 5 nitrogen and oxygen atoms in total. The molecule has 1 atom stereocenters. The van der Waals surface area contributed by atoms with Crippen molar-refractivity contribution in [1.82, 2.24) is 14.5 Å². The molecule has 1 aliphatic heterocycles. The van der Waals surface area contributed by atoms with Crippen LogP contribution in [0.25, 0.3) is 43.4 Å². The van der Waals surface area contributed by atoms with Crippen LogP contribution in [0.1, 0.15) is 23.2 Å². The number of hydrogen-bond acceptors (Lipinski definition) is 3. The normalized spacial score (nSPS) is 16.1. The second-order valence-electron chi connectivity index (χ2n) is 9.46. The Morgan fingerprint density at radius 2 is 1.44 bits per heavy atom. The Balaban J connectivity index is 1.37. The number of aromatic nitrogens is 2. The molecule has 1 saturated heterocycles. The van der Waals surface area contributed by atoms with Crippen molar-refractivity contribution in [3.05, 3.63) is 103 Å². The molecule has 174 valence electrons. The van der Waals surface area contributed by atoms with Gasteiger partial charge in [-0.25, -0.2) is 0 Å². The van der Waals surface area contributed by atoms with E-state index in [1.165, 1.54) is 0 Å². The lowest BCUT2D eigenvalue weighted by Crippen LogP contribution is -2.40. The van der Waals surface area contributed by atoms with E-state index in [-0.39, 0.29) is 11.8 Å². The quantitative estimate of drug-likeness (QED) is 0.285. The number of amides is 1. The maximum atomic E-state index is 14.2. The summed E-state index contributed by atoms with van der Waals surface area (Å²) >= 11 is 0. The van der Waals surface area contributed by atoms with Crippen molar-refractivity contribution in [2.45, 2.75) is 25.4 Å². The zero-order valence-corrected chi connectivity index (χ0v) is 19.6. The highest BCUT2D eigenvalue weighted by molar-refractivity contribution is 6.14. The Hall–Kier alpha value is -4.51. The summed E-state index contributed by atoms with van der Waals surface area (Å²) in [7, 11) is 0. The van der Waals surface area contributed by atoms with Gasteiger partial charge in [-0.3, -0.25) is 19.1 Å². The highest BCUT2D eigenvalue weighted by Crippen LogP contribution is 2.34. The van der Waals surface area contributed by atoms with E-state index in [1.807, 2.05) is 54.6 Å². The number of carbonyl (C=O) groups is 2. The third-order valence-electron chi connectivity index (χ3n) is 7.52. The Bertz CT molecular complexity index is 1730. The van der Waals surface area contributed by atoms with Crippen LogP contribution in [0.5, 0.6) is 0 Å². The number of fused-ring (bicyclic) bond motifs is 5. The lowest BCUT2D eigenvalue weighted by Gasteiger charge is -2.26. The predicted octanol–water partition coefficient (Wildman–Crippen LogP) is 6.33. The third kappa shape index (κ3) is 3.06. The molecular weight excluding hydrogens is 446 g/mol. The number of para-hydroxylation sites is 1. The molecule has 0 bridgehead atoms. The van der Waals surface area contributed by atoms with Gasteiger partial charge in [-0.05, 0) is 51.7 Å². The van der Waals surface area contributed by atoms with Gasteiger partial charge in [0.05, 0.1) is 17.2 Å². The average molecular weight is 470 g/mol. The minimum atomic E-state index is -0.533. The summed E-state index contributed by atoms with van der Waals surface area (Å²) in [5.74, 6) is -0.0613. The van der Waals surface area contributed by atoms with E-state index < -0.39 is 6.04 Å². The molecule has 36 heavy (non-hydrogen) atoms. The molecule has 0 N–H and O–H groups in total. The standard InChI is InChI=1S/C31H23N3O2/c35-30-14-13-28(31(36)34-27-12-6-5-11-24(27)25-15-16-32-18-29(25)34)33(30)19-26-22-9-3-1-7-20(22)17-21-8-2-4-10-23(21)26/h1-12,15-18,28H,13-14,19H2/t28-/m0/s1. The van der Waals surface area contributed by atoms with Gasteiger partial charge in [-0.15, -0.1) is 0 Å². The van der Waals surface area contributed by atoms with Gasteiger partial charge in [0.15, 0.2) is 0 Å². The number of carbonyl (C=O) groups excluding carboxylic acids is 2. The average Bonchev–Trinajstić information content (AvgIpc) is 3.46. The van der Waals surface area contributed by atoms with Crippen molar-refractivity contribution >= 4 is 55.2 Å². The fourth-order valence-corrected chi connectivity index (χ4v) is 5.84. The molecule has 0 saturated carbocycles. The van der Waals surface area contributed by atoms with Gasteiger partial charge < -0.3 is 4.90 Å². The van der Waals surface area contributed by atoms with Gasteiger partial charge in [-0.1, -0.05) is 66.7 Å². The van der Waals surface area contributed by atoms with Crippen molar-refractivity contribution in [3.63, 3.8) is 0 Å². The van der Waals surface area contributed by atoms with Gasteiger partial charge in [0.2, 0.25) is 5.91 Å². The molecule has 0 spiro atoms. The fourth-order valence-electron chi connectivity index (χ4n) is 5.84. The smallest absolute Gasteiger partial charge is 0.254 e. The van der Waals surface area contributed by atoms with E-state index in [1.54, 1.807) is 21.9 Å². The van der Waals surface area contributed by atoms with E-state index in [2.05, 4.69) is 35.3 Å². The Labute approximate surface area is 207 Å². The maximum absolute atomic E-state index is 14.2. The van der Waals surface area contributed by atoms with Crippen LogP contribution in [0, 0.1) is 0 Å². The number of pyridine rings is 1. The van der Waals surface area contributed by atoms with E-state index in [0.29, 0.717) is 19.4 Å². The van der Waals surface area contributed by atoms with Crippen LogP contribution < -0.4 is 0 Å². The third-order valence-corrected chi connectivity index (χ3v) is 7.52. The molecule has 4 aromatic carbocycles. The number of benzene rings is 4. The van der Waals surface area contributed by atoms with E-state index in [0.717, 1.165) is 48.9 Å². The Kier molecular flexibility index (Phi) is 4.64. The molecule has 1 amide bonds. The van der Waals surface area contributed by atoms with Crippen LogP contribution in [0.2, 0.25) is 0 Å². The van der Waals surface area contributed by atoms with E-state index in [9.17, 15) is 9.59 Å². The number of hydrogen-bond donors (Lipinski definition) is 0. The van der Waals surface area contributed by atoms with Gasteiger partial charge >= 0.3 is 0 Å². The summed E-state index contributed by atoms with van der Waals surface area (Å²) in [6.07, 6.45) is 4.37. The zero-order chi connectivity index (χ0) is 24.2. The summed E-state index contributed by atoms with van der Waals surface area (Å²) < 4.78 is 1.76. The van der Waals surface area contributed by atoms with E-state index >= 15 is 0 Å². The monoisotopic (exact) mass is 469 g/mol. The SMILES string of the molecule is O=C1CC[C@@H](C(=O)n2c3ccccc3c3ccncc32)N1Cc1c2ccccc2cc2ccccc12. The lowest BCUT2D eigenvalue weighted by atomic mass is 9.96. The lowest BCUT2D eigenvalue weighted by molar-refractivity contribution is -0.129. The van der Waals surface area contributed by atoms with Gasteiger partial charge in [-0.2, -0.15) is 0 Å². The van der Waals surface area contributed by atoms with Gasteiger partial charge in [0.1, 0.15) is 6.04 Å². The topological polar surface area (TPSA) is 55.2 Å². The summed E-state index contributed by atoms with van der Waals surface area (Å²) in [6, 6.07) is 28.1. The van der Waals surface area contributed by atoms with Gasteiger partial charge in [0, 0.05) is 29.9 Å². The fraction of sp³-hybridized carbons (Fsp3) is 0.129. The largest absolute Gasteiger partial charge is 0.326 e. The second kappa shape index (κ2) is 8.02. The molecule has 1 fully saturated rings. The Morgan fingerprint density at radius 1 is 0.806 bits per heavy atom. The van der Waals surface area contributed by atoms with Crippen LogP contribution in [-0.2, 0) is 11.3 Å². The van der Waals surface area contributed by atoms with Crippen LogP contribution in [0.15, 0.2) is 97.3 Å². The van der Waals surface area contributed by atoms with Crippen molar-refractivity contribution in [2.75, 3.05) is 0 Å². The van der Waals surface area contributed by atoms with Crippen LogP contribution in [-0.4, -0.2) is 32.3 Å². The highest BCUT2D eigenvalue weighted by Gasteiger charge is 2.38. The molecular formula is C31H23N3O2. The van der Waals surface area contributed by atoms with Crippen LogP contribution in [0.3, 0.4) is 0 Å². The summed E-state index contributed by atoms with van der Waals surface area (Å²) in [4.78, 5) is 33.4. The first-order chi connectivity index (χ1) is 17.7. The molecule has 0 radical (unpaired) electrons. The molecule has 3 heterocycles. The maximum Gasteiger partial charge on any atom is 0.254 e. The molecule has 0 aliphatic carbocycles. The molecule has 7 rings (SSSR count). The summed E-state index contributed by atoms with van der Waals surface area (Å²) in [5.41, 5.74) is 2.71. The second-order valence-corrected chi connectivity index (χ2v) is 9.46. The minimum Gasteiger partial charge on any atom is -0.326 e. The molecule has 5 heteroatoms. The molecule has 6 aromatic rings. The zero-order valence-electron chi connectivity index (χ0n) is 19.6. The summed E-state index contributed by atoms with van der Waals surface area (Å²) in [5, 5.41) is 6.50. The van der Waals surface area contributed by atoms with Crippen molar-refractivity contribution in [1.29, 1.82) is 0 Å². The first kappa shape index (κ1) is 20.8. The summed E-state index contributed by atoms with van der Waals surface area (Å²) in [6.45, 7) is 0.395. The highest BCUT2D eigenvalue weighted by atomic mass is 16.2. The van der Waals surface area contributed by atoms with Crippen molar-refractivity contribution in [3.8, 4) is 0 Å². The molecule has 0 unspecified atom stereocenters. The van der Waals surface area contributed by atoms with Crippen LogP contribution >= 0.6 is 0 Å². The van der Waals surface area contributed by atoms with Crippen molar-refractivity contribution in [2.24, 2.45) is 0 Å². The number of rotatable bonds is 3. The first-order valence-corrected chi connectivity index (χ1v) is 12.3. The number of likely N-dealkylation sites (tertiary alicyclic amines) is 1. The van der Waals surface area contributed by atoms with Gasteiger partial charge in [0.25, 0.3) is 5.91 Å². The minimum absolute atomic E-state index is 0.0178. The predicted molar refractivity (Wildman–Crippen MR) is 143 cm³/mol. The van der Waals surface area contributed by atoms with E-state index in [4.69, 9.17) is 0 Å². The van der Waals surface area contributed by atoms with Crippen molar-refractivity contribution < 1.29 is 9.59 Å². The Morgan fingerprint density at radius 3 is 2.19 bits per heavy atom. The first-order valence-electron chi connectivity index (χ1n) is 12.3. The number of nitrogens with zero attached hydrogens (tertiary/aromatic N) is 3. The molecule has 2 aromatic heterocycles.